The van der Waals surface area contributed by atoms with Crippen molar-refractivity contribution in [3.8, 4) is 0 Å². The molecule has 0 saturated heterocycles. The average molecular weight is 284 g/mol. The summed E-state index contributed by atoms with van der Waals surface area (Å²) in [5.41, 5.74) is 1.97. The molecule has 0 radical (unpaired) electrons. The fourth-order valence-corrected chi connectivity index (χ4v) is 2.04. The largest absolute Gasteiger partial charge is 0.478 e. The molecule has 1 aromatic heterocycles. The molecule has 1 heterocycles. The van der Waals surface area contributed by atoms with Crippen LogP contribution in [0.15, 0.2) is 42.6 Å². The van der Waals surface area contributed by atoms with Crippen LogP contribution in [0.2, 0.25) is 0 Å². The van der Waals surface area contributed by atoms with Crippen LogP contribution in [0.25, 0.3) is 0 Å². The zero-order chi connectivity index (χ0) is 15.4. The number of nitrogens with zero attached hydrogens (tertiary/aromatic N) is 2. The molecule has 0 unspecified atom stereocenters. The molecule has 21 heavy (non-hydrogen) atoms. The van der Waals surface area contributed by atoms with Crippen molar-refractivity contribution in [3.05, 3.63) is 65.0 Å². The van der Waals surface area contributed by atoms with Crippen LogP contribution in [-0.4, -0.2) is 33.9 Å². The Balaban J connectivity index is 2.24. The van der Waals surface area contributed by atoms with Crippen molar-refractivity contribution in [3.63, 3.8) is 0 Å². The number of aryl methyl sites for hydroxylation is 1. The number of pyridine rings is 1. The minimum absolute atomic E-state index is 0.0407. The van der Waals surface area contributed by atoms with Gasteiger partial charge < -0.3 is 10.0 Å². The van der Waals surface area contributed by atoms with Crippen molar-refractivity contribution in [1.29, 1.82) is 0 Å². The van der Waals surface area contributed by atoms with Crippen LogP contribution in [0.3, 0.4) is 0 Å². The number of aromatic carboxylic acids is 1. The molecule has 2 aromatic rings. The van der Waals surface area contributed by atoms with E-state index >= 15 is 0 Å². The van der Waals surface area contributed by atoms with Crippen molar-refractivity contribution < 1.29 is 14.7 Å². The van der Waals surface area contributed by atoms with E-state index in [1.807, 2.05) is 31.2 Å². The first kappa shape index (κ1) is 14.7. The maximum Gasteiger partial charge on any atom is 0.338 e. The zero-order valence-electron chi connectivity index (χ0n) is 11.9. The highest BCUT2D eigenvalue weighted by molar-refractivity contribution is 6.03. The summed E-state index contributed by atoms with van der Waals surface area (Å²) in [5, 5.41) is 9.12. The fourth-order valence-electron chi connectivity index (χ4n) is 2.04. The summed E-state index contributed by atoms with van der Waals surface area (Å²) in [4.78, 5) is 28.9. The topological polar surface area (TPSA) is 70.5 Å². The number of carboxylic acid groups (broad SMARTS) is 1. The number of rotatable bonds is 4. The van der Waals surface area contributed by atoms with E-state index in [9.17, 15) is 9.59 Å². The monoisotopic (exact) mass is 284 g/mol. The average Bonchev–Trinajstić information content (AvgIpc) is 2.48. The molecule has 0 bridgehead atoms. The first-order valence-electron chi connectivity index (χ1n) is 6.49. The van der Waals surface area contributed by atoms with E-state index in [0.29, 0.717) is 6.54 Å². The lowest BCUT2D eigenvalue weighted by atomic mass is 10.1. The predicted molar refractivity (Wildman–Crippen MR) is 78.2 cm³/mol. The Bertz CT molecular complexity index is 683. The van der Waals surface area contributed by atoms with Gasteiger partial charge in [-0.2, -0.15) is 0 Å². The van der Waals surface area contributed by atoms with Crippen LogP contribution in [0.1, 0.15) is 32.0 Å². The van der Waals surface area contributed by atoms with Crippen LogP contribution in [-0.2, 0) is 6.54 Å². The number of amides is 1. The second-order valence-corrected chi connectivity index (χ2v) is 4.79. The number of aromatic nitrogens is 1. The standard InChI is InChI=1S/C16H16N2O3/c1-11-6-3-4-7-12(11)10-18(2)15(19)14-13(16(20)21)8-5-9-17-14/h3-9H,10H2,1-2H3,(H,20,21). The van der Waals surface area contributed by atoms with Gasteiger partial charge in [0.2, 0.25) is 0 Å². The first-order chi connectivity index (χ1) is 10.0. The number of hydrogen-bond donors (Lipinski definition) is 1. The van der Waals surface area contributed by atoms with Crippen molar-refractivity contribution in [2.75, 3.05) is 7.05 Å². The summed E-state index contributed by atoms with van der Waals surface area (Å²) < 4.78 is 0. The van der Waals surface area contributed by atoms with Gasteiger partial charge in [-0.05, 0) is 30.2 Å². The molecule has 0 aliphatic heterocycles. The van der Waals surface area contributed by atoms with Gasteiger partial charge in [0.15, 0.2) is 0 Å². The smallest absolute Gasteiger partial charge is 0.338 e. The molecule has 0 aliphatic rings. The second-order valence-electron chi connectivity index (χ2n) is 4.79. The molecule has 1 N–H and O–H groups in total. The maximum absolute atomic E-state index is 12.4. The molecule has 1 aromatic carbocycles. The Morgan fingerprint density at radius 3 is 2.57 bits per heavy atom. The van der Waals surface area contributed by atoms with E-state index in [0.717, 1.165) is 11.1 Å². The summed E-state index contributed by atoms with van der Waals surface area (Å²) in [6.45, 7) is 2.37. The van der Waals surface area contributed by atoms with Crippen LogP contribution in [0, 0.1) is 6.92 Å². The number of carbonyl (C=O) groups excluding carboxylic acids is 1. The lowest BCUT2D eigenvalue weighted by molar-refractivity contribution is 0.0678. The van der Waals surface area contributed by atoms with Crippen molar-refractivity contribution >= 4 is 11.9 Å². The highest BCUT2D eigenvalue weighted by atomic mass is 16.4. The Kier molecular flexibility index (Phi) is 4.33. The van der Waals surface area contributed by atoms with Crippen molar-refractivity contribution in [2.45, 2.75) is 13.5 Å². The van der Waals surface area contributed by atoms with E-state index in [4.69, 9.17) is 5.11 Å². The van der Waals surface area contributed by atoms with Gasteiger partial charge in [-0.3, -0.25) is 9.78 Å². The lowest BCUT2D eigenvalue weighted by Gasteiger charge is -2.18. The third-order valence-electron chi connectivity index (χ3n) is 3.26. The molecule has 0 spiro atoms. The molecule has 5 nitrogen and oxygen atoms in total. The SMILES string of the molecule is Cc1ccccc1CN(C)C(=O)c1ncccc1C(=O)O. The molecular formula is C16H16N2O3. The quantitative estimate of drug-likeness (QED) is 0.935. The molecule has 1 amide bonds. The summed E-state index contributed by atoms with van der Waals surface area (Å²) in [6, 6.07) is 10.6. The van der Waals surface area contributed by atoms with Gasteiger partial charge in [-0.15, -0.1) is 0 Å². The van der Waals surface area contributed by atoms with Gasteiger partial charge in [0, 0.05) is 19.8 Å². The molecule has 0 aliphatic carbocycles. The van der Waals surface area contributed by atoms with Crippen molar-refractivity contribution in [2.24, 2.45) is 0 Å². The number of carbonyl (C=O) groups is 2. The second kappa shape index (κ2) is 6.17. The predicted octanol–water partition coefficient (Wildman–Crippen LogP) is 2.36. The number of carboxylic acids is 1. The fraction of sp³-hybridized carbons (Fsp3) is 0.188. The van der Waals surface area contributed by atoms with Gasteiger partial charge in [-0.25, -0.2) is 4.79 Å². The normalized spacial score (nSPS) is 10.2. The molecule has 0 fully saturated rings. The van der Waals surface area contributed by atoms with E-state index in [-0.39, 0.29) is 11.3 Å². The van der Waals surface area contributed by atoms with Crippen LogP contribution in [0.5, 0.6) is 0 Å². The van der Waals surface area contributed by atoms with Crippen LogP contribution >= 0.6 is 0 Å². The van der Waals surface area contributed by atoms with Crippen LogP contribution < -0.4 is 0 Å². The van der Waals surface area contributed by atoms with E-state index in [1.54, 1.807) is 7.05 Å². The lowest BCUT2D eigenvalue weighted by Crippen LogP contribution is -2.29. The Hall–Kier alpha value is -2.69. The summed E-state index contributed by atoms with van der Waals surface area (Å²) >= 11 is 0. The molecule has 5 heteroatoms. The minimum atomic E-state index is -1.16. The van der Waals surface area contributed by atoms with Crippen LogP contribution in [0.4, 0.5) is 0 Å². The third kappa shape index (κ3) is 3.25. The number of hydrogen-bond acceptors (Lipinski definition) is 3. The molecule has 0 saturated carbocycles. The zero-order valence-corrected chi connectivity index (χ0v) is 11.9. The Morgan fingerprint density at radius 1 is 1.19 bits per heavy atom. The van der Waals surface area contributed by atoms with E-state index in [2.05, 4.69) is 4.98 Å². The van der Waals surface area contributed by atoms with E-state index in [1.165, 1.54) is 23.2 Å². The van der Waals surface area contributed by atoms with Gasteiger partial charge in [0.05, 0.1) is 5.56 Å². The maximum atomic E-state index is 12.4. The van der Waals surface area contributed by atoms with Crippen molar-refractivity contribution in [1.82, 2.24) is 9.88 Å². The third-order valence-corrected chi connectivity index (χ3v) is 3.26. The van der Waals surface area contributed by atoms with Gasteiger partial charge >= 0.3 is 5.97 Å². The first-order valence-corrected chi connectivity index (χ1v) is 6.49. The Labute approximate surface area is 122 Å². The highest BCUT2D eigenvalue weighted by Gasteiger charge is 2.21. The summed E-state index contributed by atoms with van der Waals surface area (Å²) in [7, 11) is 1.63. The molecule has 108 valence electrons. The van der Waals surface area contributed by atoms with Gasteiger partial charge in [0.1, 0.15) is 5.69 Å². The Morgan fingerprint density at radius 2 is 1.90 bits per heavy atom. The van der Waals surface area contributed by atoms with E-state index < -0.39 is 11.9 Å². The number of benzene rings is 1. The summed E-state index contributed by atoms with van der Waals surface area (Å²) in [5.74, 6) is -1.56. The molecule has 0 atom stereocenters. The molecule has 2 rings (SSSR count). The minimum Gasteiger partial charge on any atom is -0.478 e. The van der Waals surface area contributed by atoms with Gasteiger partial charge in [-0.1, -0.05) is 24.3 Å². The highest BCUT2D eigenvalue weighted by Crippen LogP contribution is 2.13. The van der Waals surface area contributed by atoms with Gasteiger partial charge in [0.25, 0.3) is 5.91 Å². The summed E-state index contributed by atoms with van der Waals surface area (Å²) in [6.07, 6.45) is 1.42. The molecular weight excluding hydrogens is 268 g/mol.